The molecule has 0 radical (unpaired) electrons. The van der Waals surface area contributed by atoms with Gasteiger partial charge in [-0.3, -0.25) is 19.8 Å². The summed E-state index contributed by atoms with van der Waals surface area (Å²) < 4.78 is 5.00. The molecular weight excluding hydrogens is 308 g/mol. The Morgan fingerprint density at radius 2 is 1.83 bits per heavy atom. The van der Waals surface area contributed by atoms with E-state index in [1.54, 1.807) is 48.5 Å². The van der Waals surface area contributed by atoms with E-state index in [1.807, 2.05) is 6.07 Å². The minimum atomic E-state index is -0.484. The van der Waals surface area contributed by atoms with E-state index in [2.05, 4.69) is 5.43 Å². The zero-order valence-corrected chi connectivity index (χ0v) is 12.9. The molecule has 1 aliphatic rings. The van der Waals surface area contributed by atoms with Crippen LogP contribution in [0.1, 0.15) is 12.5 Å². The van der Waals surface area contributed by atoms with Crippen LogP contribution in [-0.2, 0) is 14.4 Å². The van der Waals surface area contributed by atoms with Gasteiger partial charge in [0.15, 0.2) is 0 Å². The molecule has 0 aromatic heterocycles. The summed E-state index contributed by atoms with van der Waals surface area (Å²) in [5, 5.41) is 1.20. The highest BCUT2D eigenvalue weighted by Crippen LogP contribution is 2.22. The molecule has 0 bridgehead atoms. The van der Waals surface area contributed by atoms with Crippen LogP contribution in [0.5, 0.6) is 5.75 Å². The van der Waals surface area contributed by atoms with Gasteiger partial charge in [-0.25, -0.2) is 5.01 Å². The second-order valence-electron chi connectivity index (χ2n) is 5.14. The average molecular weight is 322 g/mol. The molecule has 6 heteroatoms. The number of amides is 2. The average Bonchev–Trinajstić information content (AvgIpc) is 2.84. The van der Waals surface area contributed by atoms with Crippen molar-refractivity contribution in [2.75, 3.05) is 5.01 Å². The lowest BCUT2D eigenvalue weighted by atomic mass is 10.1. The van der Waals surface area contributed by atoms with Crippen molar-refractivity contribution < 1.29 is 19.1 Å². The van der Waals surface area contributed by atoms with Crippen molar-refractivity contribution in [1.29, 1.82) is 0 Å². The fourth-order valence-electron chi connectivity index (χ4n) is 2.32. The van der Waals surface area contributed by atoms with Crippen molar-refractivity contribution in [3.8, 4) is 5.75 Å². The van der Waals surface area contributed by atoms with Gasteiger partial charge < -0.3 is 4.74 Å². The fraction of sp³-hybridized carbons (Fsp3) is 0.0556. The second-order valence-corrected chi connectivity index (χ2v) is 5.14. The van der Waals surface area contributed by atoms with E-state index in [0.29, 0.717) is 17.0 Å². The van der Waals surface area contributed by atoms with Gasteiger partial charge in [-0.1, -0.05) is 30.3 Å². The summed E-state index contributed by atoms with van der Waals surface area (Å²) in [4.78, 5) is 35.6. The molecule has 0 saturated carbocycles. The van der Waals surface area contributed by atoms with Crippen LogP contribution >= 0.6 is 0 Å². The molecule has 2 aromatic rings. The van der Waals surface area contributed by atoms with Crippen LogP contribution in [0.4, 0.5) is 5.69 Å². The third-order valence-corrected chi connectivity index (χ3v) is 3.34. The SMILES string of the molecule is CC(=O)Oc1cccc(C=C2C(=O)NN(c3ccccc3)C2=O)c1. The first kappa shape index (κ1) is 15.5. The summed E-state index contributed by atoms with van der Waals surface area (Å²) in [6.45, 7) is 1.30. The number of carbonyl (C=O) groups excluding carboxylic acids is 3. The maximum Gasteiger partial charge on any atom is 0.308 e. The Hall–Kier alpha value is -3.41. The van der Waals surface area contributed by atoms with E-state index in [1.165, 1.54) is 18.0 Å². The Bertz CT molecular complexity index is 843. The minimum absolute atomic E-state index is 0.0128. The summed E-state index contributed by atoms with van der Waals surface area (Å²) in [6.07, 6.45) is 1.47. The van der Waals surface area contributed by atoms with Crippen LogP contribution in [0.3, 0.4) is 0 Å². The molecule has 120 valence electrons. The first-order valence-electron chi connectivity index (χ1n) is 7.25. The normalized spacial score (nSPS) is 15.5. The Morgan fingerprint density at radius 1 is 1.08 bits per heavy atom. The molecule has 2 aromatic carbocycles. The van der Waals surface area contributed by atoms with E-state index < -0.39 is 17.8 Å². The lowest BCUT2D eigenvalue weighted by Gasteiger charge is -2.13. The number of hydrazine groups is 1. The quantitative estimate of drug-likeness (QED) is 0.406. The number of anilines is 1. The number of hydrogen-bond acceptors (Lipinski definition) is 4. The van der Waals surface area contributed by atoms with Gasteiger partial charge in [-0.05, 0) is 35.9 Å². The van der Waals surface area contributed by atoms with Crippen LogP contribution in [-0.4, -0.2) is 17.8 Å². The van der Waals surface area contributed by atoms with Crippen LogP contribution < -0.4 is 15.2 Å². The van der Waals surface area contributed by atoms with Gasteiger partial charge in [0.1, 0.15) is 11.3 Å². The summed E-state index contributed by atoms with van der Waals surface area (Å²) in [5.41, 5.74) is 3.70. The van der Waals surface area contributed by atoms with Gasteiger partial charge >= 0.3 is 5.97 Å². The number of carbonyl (C=O) groups is 3. The summed E-state index contributed by atoms with van der Waals surface area (Å²) in [6, 6.07) is 15.4. The molecule has 2 amide bonds. The number of para-hydroxylation sites is 1. The molecule has 3 rings (SSSR count). The number of benzene rings is 2. The molecule has 0 unspecified atom stereocenters. The highest BCUT2D eigenvalue weighted by molar-refractivity contribution is 6.31. The summed E-state index contributed by atoms with van der Waals surface area (Å²) >= 11 is 0. The lowest BCUT2D eigenvalue weighted by Crippen LogP contribution is -2.35. The predicted octanol–water partition coefficient (Wildman–Crippen LogP) is 2.07. The standard InChI is InChI=1S/C18H14N2O4/c1-12(21)24-15-9-5-6-13(10-15)11-16-17(22)19-20(18(16)23)14-7-3-2-4-8-14/h2-11H,1H3,(H,19,22). The highest BCUT2D eigenvalue weighted by Gasteiger charge is 2.34. The molecule has 1 N–H and O–H groups in total. The van der Waals surface area contributed by atoms with Crippen LogP contribution in [0.25, 0.3) is 6.08 Å². The van der Waals surface area contributed by atoms with Crippen molar-refractivity contribution in [3.05, 3.63) is 65.7 Å². The maximum atomic E-state index is 12.5. The second kappa shape index (κ2) is 6.37. The van der Waals surface area contributed by atoms with Gasteiger partial charge in [0, 0.05) is 6.92 Å². The molecule has 0 atom stereocenters. The lowest BCUT2D eigenvalue weighted by molar-refractivity contribution is -0.132. The zero-order chi connectivity index (χ0) is 17.1. The molecule has 1 fully saturated rings. The minimum Gasteiger partial charge on any atom is -0.427 e. The molecule has 1 saturated heterocycles. The van der Waals surface area contributed by atoms with Gasteiger partial charge in [-0.15, -0.1) is 0 Å². The highest BCUT2D eigenvalue weighted by atomic mass is 16.5. The topological polar surface area (TPSA) is 75.7 Å². The molecule has 6 nitrogen and oxygen atoms in total. The van der Waals surface area contributed by atoms with Crippen LogP contribution in [0.2, 0.25) is 0 Å². The largest absolute Gasteiger partial charge is 0.427 e. The van der Waals surface area contributed by atoms with Crippen LogP contribution in [0.15, 0.2) is 60.2 Å². The Balaban J connectivity index is 1.89. The third kappa shape index (κ3) is 3.17. The van der Waals surface area contributed by atoms with E-state index in [4.69, 9.17) is 4.74 Å². The smallest absolute Gasteiger partial charge is 0.308 e. The van der Waals surface area contributed by atoms with Crippen molar-refractivity contribution in [2.24, 2.45) is 0 Å². The molecule has 0 spiro atoms. The molecular formula is C18H14N2O4. The van der Waals surface area contributed by atoms with Crippen molar-refractivity contribution >= 4 is 29.5 Å². The molecule has 1 aliphatic heterocycles. The van der Waals surface area contributed by atoms with E-state index in [-0.39, 0.29) is 5.57 Å². The number of esters is 1. The Kier molecular flexibility index (Phi) is 4.11. The van der Waals surface area contributed by atoms with E-state index in [9.17, 15) is 14.4 Å². The number of rotatable bonds is 3. The monoisotopic (exact) mass is 322 g/mol. The summed E-state index contributed by atoms with van der Waals surface area (Å²) in [7, 11) is 0. The van der Waals surface area contributed by atoms with E-state index >= 15 is 0 Å². The maximum absolute atomic E-state index is 12.5. The summed E-state index contributed by atoms with van der Waals surface area (Å²) in [5.74, 6) is -1.02. The van der Waals surface area contributed by atoms with Gasteiger partial charge in [0.05, 0.1) is 5.69 Å². The molecule has 24 heavy (non-hydrogen) atoms. The van der Waals surface area contributed by atoms with E-state index in [0.717, 1.165) is 0 Å². The first-order chi connectivity index (χ1) is 11.5. The zero-order valence-electron chi connectivity index (χ0n) is 12.9. The van der Waals surface area contributed by atoms with Gasteiger partial charge in [0.25, 0.3) is 11.8 Å². The van der Waals surface area contributed by atoms with Gasteiger partial charge in [-0.2, -0.15) is 0 Å². The van der Waals surface area contributed by atoms with Crippen molar-refractivity contribution in [2.45, 2.75) is 6.92 Å². The predicted molar refractivity (Wildman–Crippen MR) is 87.8 cm³/mol. The molecule has 1 heterocycles. The number of nitrogens with zero attached hydrogens (tertiary/aromatic N) is 1. The van der Waals surface area contributed by atoms with Crippen LogP contribution in [0, 0.1) is 0 Å². The number of ether oxygens (including phenoxy) is 1. The van der Waals surface area contributed by atoms with Gasteiger partial charge in [0.2, 0.25) is 0 Å². The van der Waals surface area contributed by atoms with Crippen molar-refractivity contribution in [1.82, 2.24) is 5.43 Å². The Morgan fingerprint density at radius 3 is 2.54 bits per heavy atom. The van der Waals surface area contributed by atoms with Crippen molar-refractivity contribution in [3.63, 3.8) is 0 Å². The fourth-order valence-corrected chi connectivity index (χ4v) is 2.32. The number of hydrogen-bond donors (Lipinski definition) is 1. The molecule has 0 aliphatic carbocycles. The first-order valence-corrected chi connectivity index (χ1v) is 7.25. The third-order valence-electron chi connectivity index (χ3n) is 3.34. The Labute approximate surface area is 138 Å². The number of nitrogens with one attached hydrogen (secondary N) is 1.